The lowest BCUT2D eigenvalue weighted by Gasteiger charge is -2.28. The van der Waals surface area contributed by atoms with Crippen LogP contribution in [0.15, 0.2) is 71.5 Å². The summed E-state index contributed by atoms with van der Waals surface area (Å²) in [4.78, 5) is 6.74. The third-order valence-corrected chi connectivity index (χ3v) is 5.33. The normalized spacial score (nSPS) is 19.9. The van der Waals surface area contributed by atoms with Gasteiger partial charge in [0.05, 0.1) is 11.7 Å². The van der Waals surface area contributed by atoms with Crippen molar-refractivity contribution in [1.82, 2.24) is 14.9 Å². The first-order valence-electron chi connectivity index (χ1n) is 8.02. The molecule has 1 fully saturated rings. The molecular weight excluding hydrogens is 396 g/mol. The average Bonchev–Trinajstić information content (AvgIpc) is 3.19. The Morgan fingerprint density at radius 2 is 1.88 bits per heavy atom. The van der Waals surface area contributed by atoms with E-state index in [1.54, 1.807) is 0 Å². The van der Waals surface area contributed by atoms with Gasteiger partial charge in [0.25, 0.3) is 0 Å². The smallest absolute Gasteiger partial charge is 0.174 e. The predicted molar refractivity (Wildman–Crippen MR) is 107 cm³/mol. The van der Waals surface area contributed by atoms with Crippen LogP contribution in [0.4, 0.5) is 5.69 Å². The number of hydrogen-bond acceptors (Lipinski definition) is 2. The minimum atomic E-state index is -0.00838. The first-order valence-corrected chi connectivity index (χ1v) is 9.23. The van der Waals surface area contributed by atoms with Crippen molar-refractivity contribution in [3.05, 3.63) is 82.9 Å². The van der Waals surface area contributed by atoms with Gasteiger partial charge in [0, 0.05) is 35.3 Å². The van der Waals surface area contributed by atoms with Gasteiger partial charge in [-0.25, -0.2) is 0 Å². The molecule has 126 valence electrons. The summed E-state index contributed by atoms with van der Waals surface area (Å²) in [7, 11) is 2.06. The molecule has 1 saturated heterocycles. The number of thiocarbonyl (C=S) groups is 1. The number of halogens is 1. The van der Waals surface area contributed by atoms with Crippen molar-refractivity contribution >= 4 is 38.9 Å². The third kappa shape index (κ3) is 2.96. The van der Waals surface area contributed by atoms with Gasteiger partial charge in [0.1, 0.15) is 6.04 Å². The van der Waals surface area contributed by atoms with Crippen LogP contribution in [0.25, 0.3) is 0 Å². The lowest BCUT2D eigenvalue weighted by Crippen LogP contribution is -2.30. The van der Waals surface area contributed by atoms with E-state index in [1.807, 2.05) is 36.5 Å². The van der Waals surface area contributed by atoms with E-state index in [0.29, 0.717) is 5.11 Å². The minimum Gasteiger partial charge on any atom is -0.353 e. The zero-order valence-electron chi connectivity index (χ0n) is 13.6. The fourth-order valence-corrected chi connectivity index (χ4v) is 3.93. The summed E-state index contributed by atoms with van der Waals surface area (Å²) in [6, 6.07) is 18.4. The predicted octanol–water partition coefficient (Wildman–Crippen LogP) is 4.36. The first kappa shape index (κ1) is 16.3. The fourth-order valence-electron chi connectivity index (χ4n) is 3.32. The van der Waals surface area contributed by atoms with E-state index in [0.717, 1.165) is 15.9 Å². The molecule has 4 rings (SSSR count). The lowest BCUT2D eigenvalue weighted by molar-refractivity contribution is 0.541. The summed E-state index contributed by atoms with van der Waals surface area (Å²) < 4.78 is 3.19. The number of pyridine rings is 1. The van der Waals surface area contributed by atoms with Crippen LogP contribution in [0.1, 0.15) is 23.5 Å². The Hall–Kier alpha value is -2.18. The van der Waals surface area contributed by atoms with E-state index in [9.17, 15) is 0 Å². The van der Waals surface area contributed by atoms with Crippen LogP contribution in [0, 0.1) is 0 Å². The second-order valence-electron chi connectivity index (χ2n) is 6.02. The van der Waals surface area contributed by atoms with Crippen LogP contribution in [0.3, 0.4) is 0 Å². The van der Waals surface area contributed by atoms with Gasteiger partial charge >= 0.3 is 0 Å². The van der Waals surface area contributed by atoms with Crippen molar-refractivity contribution in [1.29, 1.82) is 0 Å². The molecule has 6 heteroatoms. The molecule has 1 aliphatic rings. The molecule has 25 heavy (non-hydrogen) atoms. The van der Waals surface area contributed by atoms with Crippen molar-refractivity contribution in [2.45, 2.75) is 12.1 Å². The maximum atomic E-state index is 5.69. The highest BCUT2D eigenvalue weighted by Gasteiger charge is 2.41. The molecule has 4 nitrogen and oxygen atoms in total. The molecule has 0 radical (unpaired) electrons. The summed E-state index contributed by atoms with van der Waals surface area (Å²) >= 11 is 9.19. The molecule has 1 N–H and O–H groups in total. The van der Waals surface area contributed by atoms with Crippen LogP contribution in [-0.4, -0.2) is 14.7 Å². The van der Waals surface area contributed by atoms with E-state index in [4.69, 9.17) is 12.2 Å². The molecule has 0 unspecified atom stereocenters. The zero-order chi connectivity index (χ0) is 17.4. The number of nitrogens with zero attached hydrogens (tertiary/aromatic N) is 3. The van der Waals surface area contributed by atoms with Gasteiger partial charge in [-0.15, -0.1) is 0 Å². The summed E-state index contributed by atoms with van der Waals surface area (Å²) in [6.45, 7) is 0. The maximum absolute atomic E-state index is 5.69. The van der Waals surface area contributed by atoms with Crippen LogP contribution < -0.4 is 10.2 Å². The SMILES string of the molecule is Cn1cccc1[C@H]1[C@H](c2ccccn2)NC(=S)N1c1ccc(Br)cc1. The molecule has 3 heterocycles. The highest BCUT2D eigenvalue weighted by Crippen LogP contribution is 2.41. The number of anilines is 1. The maximum Gasteiger partial charge on any atom is 0.174 e. The molecule has 0 amide bonds. The number of hydrogen-bond donors (Lipinski definition) is 1. The van der Waals surface area contributed by atoms with Gasteiger partial charge < -0.3 is 14.8 Å². The van der Waals surface area contributed by atoms with Crippen molar-refractivity contribution in [2.75, 3.05) is 4.90 Å². The molecule has 1 aliphatic heterocycles. The van der Waals surface area contributed by atoms with E-state index >= 15 is 0 Å². The largest absolute Gasteiger partial charge is 0.353 e. The highest BCUT2D eigenvalue weighted by atomic mass is 79.9. The van der Waals surface area contributed by atoms with Gasteiger partial charge in [-0.3, -0.25) is 4.98 Å². The Balaban J connectivity index is 1.83. The molecule has 0 aliphatic carbocycles. The molecule has 2 atom stereocenters. The highest BCUT2D eigenvalue weighted by molar-refractivity contribution is 9.10. The Morgan fingerprint density at radius 3 is 2.52 bits per heavy atom. The monoisotopic (exact) mass is 412 g/mol. The van der Waals surface area contributed by atoms with E-state index < -0.39 is 0 Å². The zero-order valence-corrected chi connectivity index (χ0v) is 16.0. The molecule has 0 spiro atoms. The number of benzene rings is 1. The molecule has 1 aromatic carbocycles. The molecule has 0 saturated carbocycles. The number of rotatable bonds is 3. The molecule has 3 aromatic rings. The molecular formula is C19H17BrN4S. The third-order valence-electron chi connectivity index (χ3n) is 4.49. The van der Waals surface area contributed by atoms with E-state index in [2.05, 4.69) is 73.2 Å². The first-order chi connectivity index (χ1) is 12.1. The van der Waals surface area contributed by atoms with Gasteiger partial charge in [-0.1, -0.05) is 22.0 Å². The van der Waals surface area contributed by atoms with Crippen molar-refractivity contribution < 1.29 is 0 Å². The lowest BCUT2D eigenvalue weighted by atomic mass is 10.0. The Labute approximate surface area is 160 Å². The minimum absolute atomic E-state index is 0.00838. The van der Waals surface area contributed by atoms with Crippen molar-refractivity contribution in [3.63, 3.8) is 0 Å². The number of aromatic nitrogens is 2. The van der Waals surface area contributed by atoms with Crippen LogP contribution in [0.2, 0.25) is 0 Å². The van der Waals surface area contributed by atoms with E-state index in [1.165, 1.54) is 5.69 Å². The molecule has 0 bridgehead atoms. The Bertz CT molecular complexity index is 891. The Kier molecular flexibility index (Phi) is 4.31. The summed E-state index contributed by atoms with van der Waals surface area (Å²) in [5.74, 6) is 0. The standard InChI is InChI=1S/C19H17BrN4S/c1-23-12-4-6-16(23)18-17(15-5-2-3-11-21-15)22-19(25)24(18)14-9-7-13(20)8-10-14/h2-12,17-18H,1H3,(H,22,25)/t17-,18-/m0/s1. The topological polar surface area (TPSA) is 33.1 Å². The number of aryl methyl sites for hydroxylation is 1. The second kappa shape index (κ2) is 6.61. The average molecular weight is 413 g/mol. The second-order valence-corrected chi connectivity index (χ2v) is 7.32. The van der Waals surface area contributed by atoms with Crippen LogP contribution >= 0.6 is 28.1 Å². The summed E-state index contributed by atoms with van der Waals surface area (Å²) in [6.07, 6.45) is 3.89. The Morgan fingerprint density at radius 1 is 1.08 bits per heavy atom. The van der Waals surface area contributed by atoms with Gasteiger partial charge in [0.2, 0.25) is 0 Å². The van der Waals surface area contributed by atoms with Crippen LogP contribution in [-0.2, 0) is 7.05 Å². The van der Waals surface area contributed by atoms with Gasteiger partial charge in [-0.2, -0.15) is 0 Å². The summed E-state index contributed by atoms with van der Waals surface area (Å²) in [5.41, 5.74) is 3.23. The fraction of sp³-hybridized carbons (Fsp3) is 0.158. The van der Waals surface area contributed by atoms with Crippen LogP contribution in [0.5, 0.6) is 0 Å². The van der Waals surface area contributed by atoms with Crippen molar-refractivity contribution in [2.24, 2.45) is 7.05 Å². The molecule has 2 aromatic heterocycles. The summed E-state index contributed by atoms with van der Waals surface area (Å²) in [5, 5.41) is 4.18. The van der Waals surface area contributed by atoms with Gasteiger partial charge in [-0.05, 0) is 60.7 Å². The van der Waals surface area contributed by atoms with Crippen molar-refractivity contribution in [3.8, 4) is 0 Å². The van der Waals surface area contributed by atoms with Gasteiger partial charge in [0.15, 0.2) is 5.11 Å². The number of nitrogens with one attached hydrogen (secondary N) is 1. The quantitative estimate of drug-likeness (QED) is 0.647. The van der Waals surface area contributed by atoms with E-state index in [-0.39, 0.29) is 12.1 Å².